The fourth-order valence-corrected chi connectivity index (χ4v) is 0.850. The van der Waals surface area contributed by atoms with E-state index in [9.17, 15) is 0 Å². The number of hydrogen-bond donors (Lipinski definition) is 2. The maximum Gasteiger partial charge on any atom is 0.0156 e. The van der Waals surface area contributed by atoms with E-state index in [2.05, 4.69) is 19.2 Å². The van der Waals surface area contributed by atoms with Crippen molar-refractivity contribution in [1.29, 1.82) is 0 Å². The van der Waals surface area contributed by atoms with Gasteiger partial charge in [0, 0.05) is 13.6 Å². The molecule has 0 aliphatic heterocycles. The molecule has 0 aromatic heterocycles. The second kappa shape index (κ2) is 5.30. The molecule has 0 aliphatic carbocycles. The van der Waals surface area contributed by atoms with E-state index >= 15 is 0 Å². The van der Waals surface area contributed by atoms with Crippen LogP contribution in [0.15, 0.2) is 11.8 Å². The van der Waals surface area contributed by atoms with Crippen LogP contribution in [0.4, 0.5) is 0 Å². The Labute approximate surface area is 63.5 Å². The van der Waals surface area contributed by atoms with E-state index in [1.807, 2.05) is 13.2 Å². The van der Waals surface area contributed by atoms with Crippen molar-refractivity contribution in [2.24, 2.45) is 11.7 Å². The minimum atomic E-state index is 0.609. The van der Waals surface area contributed by atoms with Gasteiger partial charge in [-0.1, -0.05) is 13.8 Å². The summed E-state index contributed by atoms with van der Waals surface area (Å²) < 4.78 is 0. The van der Waals surface area contributed by atoms with Crippen LogP contribution in [0.2, 0.25) is 0 Å². The molecule has 0 amide bonds. The molecule has 0 heterocycles. The smallest absolute Gasteiger partial charge is 0.0156 e. The third kappa shape index (κ3) is 2.87. The van der Waals surface area contributed by atoms with Crippen LogP contribution in [0.25, 0.3) is 0 Å². The van der Waals surface area contributed by atoms with E-state index in [-0.39, 0.29) is 0 Å². The fraction of sp³-hybridized carbons (Fsp3) is 0.750. The zero-order valence-corrected chi connectivity index (χ0v) is 7.15. The first-order valence-corrected chi connectivity index (χ1v) is 3.82. The lowest BCUT2D eigenvalue weighted by atomic mass is 10.00. The monoisotopic (exact) mass is 142 g/mol. The number of rotatable bonds is 4. The van der Waals surface area contributed by atoms with Crippen LogP contribution in [-0.2, 0) is 0 Å². The number of nitrogens with two attached hydrogens (primary N) is 1. The van der Waals surface area contributed by atoms with E-state index in [4.69, 9.17) is 5.73 Å². The lowest BCUT2D eigenvalue weighted by Gasteiger charge is -2.11. The Morgan fingerprint density at radius 3 is 2.60 bits per heavy atom. The van der Waals surface area contributed by atoms with Crippen LogP contribution in [-0.4, -0.2) is 13.6 Å². The molecule has 2 nitrogen and oxygen atoms in total. The van der Waals surface area contributed by atoms with Crippen molar-refractivity contribution in [3.8, 4) is 0 Å². The Kier molecular flexibility index (Phi) is 5.03. The van der Waals surface area contributed by atoms with Gasteiger partial charge in [0.1, 0.15) is 0 Å². The van der Waals surface area contributed by atoms with Crippen molar-refractivity contribution >= 4 is 0 Å². The van der Waals surface area contributed by atoms with Crippen molar-refractivity contribution < 1.29 is 0 Å². The molecule has 1 atom stereocenters. The second-order valence-electron chi connectivity index (χ2n) is 2.52. The summed E-state index contributed by atoms with van der Waals surface area (Å²) in [6.45, 7) is 5.02. The van der Waals surface area contributed by atoms with Gasteiger partial charge in [-0.05, 0) is 24.1 Å². The maximum atomic E-state index is 5.53. The standard InChI is InChI=1S/C8H18N2/c1-4-7(2)8(5-9)6-10-3/h6-7,10H,4-5,9H2,1-3H3/b8-6-/t7-/m0/s1. The van der Waals surface area contributed by atoms with Crippen LogP contribution in [0.1, 0.15) is 20.3 Å². The predicted molar refractivity (Wildman–Crippen MR) is 45.7 cm³/mol. The Hall–Kier alpha value is -0.500. The third-order valence-electron chi connectivity index (χ3n) is 1.81. The Balaban J connectivity index is 3.92. The zero-order chi connectivity index (χ0) is 7.98. The summed E-state index contributed by atoms with van der Waals surface area (Å²) in [5.74, 6) is 0.609. The molecule has 10 heavy (non-hydrogen) atoms. The molecule has 3 N–H and O–H groups in total. The summed E-state index contributed by atoms with van der Waals surface area (Å²) in [5.41, 5.74) is 6.82. The molecule has 60 valence electrons. The Morgan fingerprint density at radius 1 is 1.70 bits per heavy atom. The number of nitrogens with one attached hydrogen (secondary N) is 1. The molecule has 0 bridgehead atoms. The number of hydrogen-bond acceptors (Lipinski definition) is 2. The normalized spacial score (nSPS) is 15.0. The van der Waals surface area contributed by atoms with Crippen molar-refractivity contribution in [2.75, 3.05) is 13.6 Å². The van der Waals surface area contributed by atoms with Gasteiger partial charge in [-0.2, -0.15) is 0 Å². The summed E-state index contributed by atoms with van der Waals surface area (Å²) in [7, 11) is 1.90. The molecule has 0 saturated heterocycles. The van der Waals surface area contributed by atoms with E-state index in [0.29, 0.717) is 12.5 Å². The van der Waals surface area contributed by atoms with Crippen molar-refractivity contribution in [3.05, 3.63) is 11.8 Å². The summed E-state index contributed by atoms with van der Waals surface area (Å²) in [6, 6.07) is 0. The summed E-state index contributed by atoms with van der Waals surface area (Å²) in [4.78, 5) is 0. The first kappa shape index (κ1) is 9.50. The summed E-state index contributed by atoms with van der Waals surface area (Å²) in [5, 5.41) is 2.99. The van der Waals surface area contributed by atoms with E-state index in [0.717, 1.165) is 6.42 Å². The highest BCUT2D eigenvalue weighted by atomic mass is 14.8. The van der Waals surface area contributed by atoms with Crippen LogP contribution in [0.5, 0.6) is 0 Å². The fourth-order valence-electron chi connectivity index (χ4n) is 0.850. The molecule has 0 spiro atoms. The van der Waals surface area contributed by atoms with Gasteiger partial charge in [0.15, 0.2) is 0 Å². The van der Waals surface area contributed by atoms with Gasteiger partial charge >= 0.3 is 0 Å². The lowest BCUT2D eigenvalue weighted by molar-refractivity contribution is 0.636. The van der Waals surface area contributed by atoms with Gasteiger partial charge in [0.25, 0.3) is 0 Å². The molecule has 0 fully saturated rings. The zero-order valence-electron chi connectivity index (χ0n) is 7.15. The molecule has 0 aromatic rings. The maximum absolute atomic E-state index is 5.53. The molecule has 0 aromatic carbocycles. The molecule has 2 heteroatoms. The first-order chi connectivity index (χ1) is 4.76. The highest BCUT2D eigenvalue weighted by Crippen LogP contribution is 2.10. The largest absolute Gasteiger partial charge is 0.394 e. The van der Waals surface area contributed by atoms with E-state index < -0.39 is 0 Å². The van der Waals surface area contributed by atoms with E-state index in [1.165, 1.54) is 5.57 Å². The van der Waals surface area contributed by atoms with Gasteiger partial charge in [-0.15, -0.1) is 0 Å². The average molecular weight is 142 g/mol. The van der Waals surface area contributed by atoms with Gasteiger partial charge in [-0.3, -0.25) is 0 Å². The SMILES string of the molecule is CC[C@H](C)/C(=C\NC)CN. The second-order valence-corrected chi connectivity index (χ2v) is 2.52. The molecule has 0 saturated carbocycles. The van der Waals surface area contributed by atoms with E-state index in [1.54, 1.807) is 0 Å². The molecular weight excluding hydrogens is 124 g/mol. The lowest BCUT2D eigenvalue weighted by Crippen LogP contribution is -2.13. The predicted octanol–water partition coefficient (Wildman–Crippen LogP) is 1.09. The highest BCUT2D eigenvalue weighted by molar-refractivity contribution is 5.05. The van der Waals surface area contributed by atoms with Gasteiger partial charge in [-0.25, -0.2) is 0 Å². The Morgan fingerprint density at radius 2 is 2.30 bits per heavy atom. The van der Waals surface area contributed by atoms with Crippen molar-refractivity contribution in [2.45, 2.75) is 20.3 Å². The molecular formula is C8H18N2. The molecule has 0 unspecified atom stereocenters. The molecule has 0 aliphatic rings. The van der Waals surface area contributed by atoms with Crippen molar-refractivity contribution in [1.82, 2.24) is 5.32 Å². The molecule has 0 rings (SSSR count). The van der Waals surface area contributed by atoms with Gasteiger partial charge < -0.3 is 11.1 Å². The average Bonchev–Trinajstić information content (AvgIpc) is 1.99. The van der Waals surface area contributed by atoms with Crippen molar-refractivity contribution in [3.63, 3.8) is 0 Å². The first-order valence-electron chi connectivity index (χ1n) is 3.82. The van der Waals surface area contributed by atoms with Crippen LogP contribution in [0.3, 0.4) is 0 Å². The highest BCUT2D eigenvalue weighted by Gasteiger charge is 2.02. The van der Waals surface area contributed by atoms with Gasteiger partial charge in [0.2, 0.25) is 0 Å². The quantitative estimate of drug-likeness (QED) is 0.616. The Bertz CT molecular complexity index is 108. The topological polar surface area (TPSA) is 38.0 Å². The van der Waals surface area contributed by atoms with Crippen LogP contribution in [0, 0.1) is 5.92 Å². The summed E-state index contributed by atoms with van der Waals surface area (Å²) >= 11 is 0. The minimum Gasteiger partial charge on any atom is -0.394 e. The van der Waals surface area contributed by atoms with Crippen LogP contribution < -0.4 is 11.1 Å². The molecule has 0 radical (unpaired) electrons. The van der Waals surface area contributed by atoms with Crippen LogP contribution >= 0.6 is 0 Å². The summed E-state index contributed by atoms with van der Waals surface area (Å²) in [6.07, 6.45) is 3.15. The minimum absolute atomic E-state index is 0.609. The third-order valence-corrected chi connectivity index (χ3v) is 1.81. The van der Waals surface area contributed by atoms with Gasteiger partial charge in [0.05, 0.1) is 0 Å².